The molecule has 0 bridgehead atoms. The highest BCUT2D eigenvalue weighted by molar-refractivity contribution is 5.78. The molecule has 0 spiro atoms. The molecule has 0 heterocycles. The number of benzene rings is 1. The van der Waals surface area contributed by atoms with E-state index in [2.05, 4.69) is 31.2 Å². The second-order valence-corrected chi connectivity index (χ2v) is 3.70. The van der Waals surface area contributed by atoms with Crippen molar-refractivity contribution in [3.8, 4) is 0 Å². The van der Waals surface area contributed by atoms with E-state index in [-0.39, 0.29) is 14.6 Å². The van der Waals surface area contributed by atoms with Gasteiger partial charge in [-0.15, -0.1) is 0 Å². The van der Waals surface area contributed by atoms with Crippen molar-refractivity contribution in [2.45, 2.75) is 27.2 Å². The molecule has 0 aliphatic rings. The highest BCUT2D eigenvalue weighted by Crippen LogP contribution is 2.10. The largest absolute Gasteiger partial charge is 0.300 e. The molecule has 0 aliphatic heterocycles. The number of rotatable bonds is 3. The lowest BCUT2D eigenvalue weighted by atomic mass is 9.97. The molecule has 1 aromatic carbocycles. The summed E-state index contributed by atoms with van der Waals surface area (Å²) in [5, 5.41) is 0. The lowest BCUT2D eigenvalue weighted by Gasteiger charge is -2.07. The molecule has 0 aliphatic carbocycles. The number of ketones is 1. The number of Topliss-reactive ketones (excluding diaryl/α,β-unsaturated/α-hetero) is 1. The number of carbonyl (C=O) groups is 1. The minimum Gasteiger partial charge on any atom is -0.300 e. The third-order valence-corrected chi connectivity index (χ3v) is 2.36. The van der Waals surface area contributed by atoms with Crippen molar-refractivity contribution in [1.29, 1.82) is 0 Å². The zero-order chi connectivity index (χ0) is 9.84. The molecule has 1 rings (SSSR count). The van der Waals surface area contributed by atoms with Gasteiger partial charge in [-0.25, -0.2) is 0 Å². The summed E-state index contributed by atoms with van der Waals surface area (Å²) in [5.74, 6) is 0.406. The fourth-order valence-corrected chi connectivity index (χ4v) is 1.22. The molecule has 1 nitrogen and oxygen atoms in total. The maximum Gasteiger partial charge on any atom is 0.132 e. The maximum atomic E-state index is 11.0. The number of aryl methyl sites for hydroxylation is 1. The molecule has 1 atom stereocenters. The Morgan fingerprint density at radius 3 is 2.38 bits per heavy atom. The first kappa shape index (κ1) is 9.97. The summed E-state index contributed by atoms with van der Waals surface area (Å²) in [7, 11) is 0. The predicted molar refractivity (Wildman–Crippen MR) is 59.0 cm³/mol. The van der Waals surface area contributed by atoms with Gasteiger partial charge in [-0.3, -0.25) is 4.79 Å². The maximum absolute atomic E-state index is 11.0. The van der Waals surface area contributed by atoms with E-state index in [0.717, 1.165) is 6.42 Å². The molecule has 0 N–H and O–H groups in total. The molecular formula is C12H20O. The Bertz CT molecular complexity index is 293. The zero-order valence-electron chi connectivity index (χ0n) is 8.50. The average Bonchev–Trinajstić information content (AvgIpc) is 2.08. The van der Waals surface area contributed by atoms with Crippen LogP contribution in [-0.4, -0.2) is 5.78 Å². The van der Waals surface area contributed by atoms with Crippen LogP contribution in [0, 0.1) is 12.8 Å². The van der Waals surface area contributed by atoms with E-state index >= 15 is 0 Å². The minimum atomic E-state index is 0. The lowest BCUT2D eigenvalue weighted by molar-refractivity contribution is -0.120. The Labute approximate surface area is 82.8 Å². The van der Waals surface area contributed by atoms with E-state index in [4.69, 9.17) is 0 Å². The third kappa shape index (κ3) is 3.02. The van der Waals surface area contributed by atoms with Gasteiger partial charge in [0, 0.05) is 8.77 Å². The standard InChI is InChI=1S/C12H16O.2H2/c1-9-4-6-12(7-5-9)8-10(2)11(3)13;;/h4-7,10H,8H2,1-3H3;2*1H/t10-;;/m1../s1. The van der Waals surface area contributed by atoms with Crippen LogP contribution in [-0.2, 0) is 11.2 Å². The van der Waals surface area contributed by atoms with E-state index in [0.29, 0.717) is 0 Å². The molecule has 0 fully saturated rings. The Kier molecular flexibility index (Phi) is 3.24. The number of hydrogen-bond donors (Lipinski definition) is 0. The van der Waals surface area contributed by atoms with Crippen LogP contribution in [0.2, 0.25) is 0 Å². The van der Waals surface area contributed by atoms with Crippen LogP contribution in [0.3, 0.4) is 0 Å². The summed E-state index contributed by atoms with van der Waals surface area (Å²) in [4.78, 5) is 11.0. The summed E-state index contributed by atoms with van der Waals surface area (Å²) in [6.45, 7) is 5.69. The zero-order valence-corrected chi connectivity index (χ0v) is 8.50. The summed E-state index contributed by atoms with van der Waals surface area (Å²) in [5.41, 5.74) is 2.51. The summed E-state index contributed by atoms with van der Waals surface area (Å²) in [6.07, 6.45) is 0.857. The molecular weight excluding hydrogens is 160 g/mol. The number of carbonyl (C=O) groups excluding carboxylic acids is 1. The fraction of sp³-hybridized carbons (Fsp3) is 0.417. The van der Waals surface area contributed by atoms with Crippen molar-refractivity contribution in [2.75, 3.05) is 0 Å². The van der Waals surface area contributed by atoms with Crippen LogP contribution in [0.5, 0.6) is 0 Å². The molecule has 13 heavy (non-hydrogen) atoms. The van der Waals surface area contributed by atoms with Crippen molar-refractivity contribution in [2.24, 2.45) is 5.92 Å². The van der Waals surface area contributed by atoms with E-state index in [9.17, 15) is 4.79 Å². The highest BCUT2D eigenvalue weighted by Gasteiger charge is 2.07. The average molecular weight is 180 g/mol. The molecule has 0 aromatic heterocycles. The minimum absolute atomic E-state index is 0. The summed E-state index contributed by atoms with van der Waals surface area (Å²) >= 11 is 0. The van der Waals surface area contributed by atoms with Crippen molar-refractivity contribution in [1.82, 2.24) is 0 Å². The van der Waals surface area contributed by atoms with Gasteiger partial charge in [0.25, 0.3) is 0 Å². The normalized spacial score (nSPS) is 12.5. The van der Waals surface area contributed by atoms with Gasteiger partial charge in [0.1, 0.15) is 5.78 Å². The third-order valence-electron chi connectivity index (χ3n) is 2.36. The Balaban J connectivity index is 0. The van der Waals surface area contributed by atoms with Crippen LogP contribution in [0.25, 0.3) is 0 Å². The van der Waals surface area contributed by atoms with Gasteiger partial charge in [-0.1, -0.05) is 36.8 Å². The molecule has 74 valence electrons. The highest BCUT2D eigenvalue weighted by atomic mass is 16.1. The Morgan fingerprint density at radius 2 is 1.92 bits per heavy atom. The van der Waals surface area contributed by atoms with Crippen LogP contribution in [0.15, 0.2) is 24.3 Å². The molecule has 1 heteroatoms. The van der Waals surface area contributed by atoms with Gasteiger partial charge < -0.3 is 0 Å². The molecule has 0 saturated carbocycles. The van der Waals surface area contributed by atoms with Crippen molar-refractivity contribution >= 4 is 5.78 Å². The van der Waals surface area contributed by atoms with E-state index in [1.807, 2.05) is 6.92 Å². The second-order valence-electron chi connectivity index (χ2n) is 3.70. The SMILES string of the molecule is CC(=O)[C@H](C)Cc1ccc(C)cc1.[HH].[HH]. The monoisotopic (exact) mass is 180 g/mol. The van der Waals surface area contributed by atoms with Gasteiger partial charge in [0.2, 0.25) is 0 Å². The Morgan fingerprint density at radius 1 is 1.38 bits per heavy atom. The summed E-state index contributed by atoms with van der Waals surface area (Å²) < 4.78 is 0. The quantitative estimate of drug-likeness (QED) is 0.697. The number of hydrogen-bond acceptors (Lipinski definition) is 1. The van der Waals surface area contributed by atoms with Crippen LogP contribution >= 0.6 is 0 Å². The van der Waals surface area contributed by atoms with Gasteiger partial charge in [0.05, 0.1) is 0 Å². The predicted octanol–water partition coefficient (Wildman–Crippen LogP) is 3.25. The molecule has 0 radical (unpaired) electrons. The van der Waals surface area contributed by atoms with E-state index < -0.39 is 0 Å². The van der Waals surface area contributed by atoms with Crippen LogP contribution < -0.4 is 0 Å². The van der Waals surface area contributed by atoms with Gasteiger partial charge in [-0.2, -0.15) is 0 Å². The van der Waals surface area contributed by atoms with Crippen molar-refractivity contribution in [3.63, 3.8) is 0 Å². The topological polar surface area (TPSA) is 17.1 Å². The molecule has 0 unspecified atom stereocenters. The van der Waals surface area contributed by atoms with Gasteiger partial charge in [-0.05, 0) is 25.8 Å². The molecule has 0 saturated heterocycles. The van der Waals surface area contributed by atoms with Crippen molar-refractivity contribution in [3.05, 3.63) is 35.4 Å². The fourth-order valence-electron chi connectivity index (χ4n) is 1.22. The van der Waals surface area contributed by atoms with Crippen molar-refractivity contribution < 1.29 is 7.65 Å². The first-order chi connectivity index (χ1) is 6.09. The molecule has 0 amide bonds. The first-order valence-electron chi connectivity index (χ1n) is 4.65. The summed E-state index contributed by atoms with van der Waals surface area (Å²) in [6, 6.07) is 8.36. The molecule has 1 aromatic rings. The lowest BCUT2D eigenvalue weighted by Crippen LogP contribution is -2.09. The van der Waals surface area contributed by atoms with Gasteiger partial charge in [0.15, 0.2) is 0 Å². The van der Waals surface area contributed by atoms with E-state index in [1.165, 1.54) is 11.1 Å². The van der Waals surface area contributed by atoms with Crippen LogP contribution in [0.4, 0.5) is 0 Å². The van der Waals surface area contributed by atoms with Gasteiger partial charge >= 0.3 is 0 Å². The van der Waals surface area contributed by atoms with Crippen LogP contribution in [0.1, 0.15) is 27.8 Å². The smallest absolute Gasteiger partial charge is 0.132 e. The first-order valence-corrected chi connectivity index (χ1v) is 4.65. The Hall–Kier alpha value is -1.11. The van der Waals surface area contributed by atoms with E-state index in [1.54, 1.807) is 6.92 Å². The second kappa shape index (κ2) is 4.22.